The van der Waals surface area contributed by atoms with Crippen LogP contribution >= 0.6 is 0 Å². The summed E-state index contributed by atoms with van der Waals surface area (Å²) < 4.78 is 0. The molecule has 0 aliphatic heterocycles. The highest BCUT2D eigenvalue weighted by molar-refractivity contribution is 6.45. The molecule has 1 heteroatoms. The molecule has 0 radical (unpaired) electrons. The summed E-state index contributed by atoms with van der Waals surface area (Å²) in [7, 11) is -0.171. The molecule has 1 saturated carbocycles. The van der Waals surface area contributed by atoms with Crippen molar-refractivity contribution in [3.05, 3.63) is 48.1 Å². The molecule has 120 valence electrons. The van der Waals surface area contributed by atoms with Gasteiger partial charge in [-0.2, -0.15) is 0 Å². The first-order valence-corrected chi connectivity index (χ1v) is 11.1. The molecule has 0 saturated heterocycles. The molecule has 2 unspecified atom stereocenters. The highest BCUT2D eigenvalue weighted by atomic mass is 28.2. The predicted octanol–water partition coefficient (Wildman–Crippen LogP) is 5.89. The molecule has 0 spiro atoms. The Morgan fingerprint density at radius 2 is 2.00 bits per heavy atom. The van der Waals surface area contributed by atoms with Gasteiger partial charge in [-0.1, -0.05) is 93.6 Å². The van der Waals surface area contributed by atoms with Crippen molar-refractivity contribution in [2.45, 2.75) is 75.3 Å². The highest BCUT2D eigenvalue weighted by Crippen LogP contribution is 2.48. The summed E-state index contributed by atoms with van der Waals surface area (Å²) >= 11 is 0. The molecule has 0 amide bonds. The number of hydrogen-bond acceptors (Lipinski definition) is 0. The third-order valence-electron chi connectivity index (χ3n) is 5.94. The molecule has 2 atom stereocenters. The van der Waals surface area contributed by atoms with Crippen molar-refractivity contribution in [2.75, 3.05) is 0 Å². The minimum atomic E-state index is -0.171. The van der Waals surface area contributed by atoms with Gasteiger partial charge in [-0.15, -0.1) is 0 Å². The molecular formula is C21H32Si. The third-order valence-corrected chi connectivity index (χ3v) is 8.80. The second-order valence-electron chi connectivity index (χ2n) is 7.75. The smallest absolute Gasteiger partial charge is 0.0451 e. The van der Waals surface area contributed by atoms with Crippen LogP contribution in [0.4, 0.5) is 0 Å². The minimum absolute atomic E-state index is 0.171. The van der Waals surface area contributed by atoms with Crippen molar-refractivity contribution in [3.8, 4) is 0 Å². The predicted molar refractivity (Wildman–Crippen MR) is 101 cm³/mol. The summed E-state index contributed by atoms with van der Waals surface area (Å²) in [5.74, 6) is 1.00. The molecule has 0 heterocycles. The Bertz CT molecular complexity index is 476. The van der Waals surface area contributed by atoms with Crippen LogP contribution in [-0.2, 0) is 0 Å². The molecule has 0 aromatic carbocycles. The molecule has 0 bridgehead atoms. The van der Waals surface area contributed by atoms with E-state index in [1.54, 1.807) is 5.57 Å². The van der Waals surface area contributed by atoms with Crippen LogP contribution in [0.1, 0.15) is 64.7 Å². The van der Waals surface area contributed by atoms with Crippen LogP contribution in [0.15, 0.2) is 48.1 Å². The van der Waals surface area contributed by atoms with Crippen molar-refractivity contribution >= 4 is 9.52 Å². The molecule has 0 N–H and O–H groups in total. The second-order valence-corrected chi connectivity index (χ2v) is 10.4. The summed E-state index contributed by atoms with van der Waals surface area (Å²) in [4.78, 5) is 0. The average molecular weight is 313 g/mol. The molecular weight excluding hydrogens is 280 g/mol. The molecule has 0 aromatic rings. The lowest BCUT2D eigenvalue weighted by molar-refractivity contribution is 0.313. The third kappa shape index (κ3) is 3.93. The highest BCUT2D eigenvalue weighted by Gasteiger charge is 2.34. The van der Waals surface area contributed by atoms with Gasteiger partial charge in [-0.3, -0.25) is 0 Å². The van der Waals surface area contributed by atoms with Crippen molar-refractivity contribution in [1.82, 2.24) is 0 Å². The van der Waals surface area contributed by atoms with Crippen molar-refractivity contribution in [2.24, 2.45) is 5.92 Å². The fraction of sp³-hybridized carbons (Fsp3) is 0.619. The van der Waals surface area contributed by atoms with Gasteiger partial charge in [0.2, 0.25) is 0 Å². The zero-order valence-electron chi connectivity index (χ0n) is 14.3. The SMILES string of the molecule is CCCC1=CC=CC1[SiH2]C1(CC2CCCCC2)C=CC=CC1. The summed E-state index contributed by atoms with van der Waals surface area (Å²) in [6, 6.07) is 0. The number of allylic oxidation sites excluding steroid dienone is 8. The monoisotopic (exact) mass is 312 g/mol. The molecule has 1 fully saturated rings. The normalized spacial score (nSPS) is 32.2. The van der Waals surface area contributed by atoms with Gasteiger partial charge in [0, 0.05) is 9.52 Å². The van der Waals surface area contributed by atoms with Crippen LogP contribution in [0.3, 0.4) is 0 Å². The standard InChI is InChI=1S/C21H32Si/c1-2-10-19-13-9-14-20(19)22-21(15-7-4-8-16-21)17-18-11-5-3-6-12-18/h4,7-9,13-15,18,20H,2-3,5-6,10-12,16-17,22H2,1H3. The van der Waals surface area contributed by atoms with E-state index in [0.717, 1.165) is 11.5 Å². The Hall–Kier alpha value is -0.823. The quantitative estimate of drug-likeness (QED) is 0.537. The Balaban J connectivity index is 1.69. The number of hydrogen-bond donors (Lipinski definition) is 0. The topological polar surface area (TPSA) is 0 Å². The van der Waals surface area contributed by atoms with Gasteiger partial charge in [0.25, 0.3) is 0 Å². The van der Waals surface area contributed by atoms with Gasteiger partial charge in [-0.25, -0.2) is 0 Å². The molecule has 3 aliphatic rings. The maximum atomic E-state index is 2.61. The lowest BCUT2D eigenvalue weighted by Gasteiger charge is -2.38. The molecule has 3 aliphatic carbocycles. The largest absolute Gasteiger partial charge is 0.0840 e. The summed E-state index contributed by atoms with van der Waals surface area (Å²) in [5, 5.41) is 0.558. The number of rotatable bonds is 6. The van der Waals surface area contributed by atoms with Crippen LogP contribution in [0, 0.1) is 5.92 Å². The first-order chi connectivity index (χ1) is 10.8. The van der Waals surface area contributed by atoms with Gasteiger partial charge in [0.1, 0.15) is 0 Å². The molecule has 0 aromatic heterocycles. The zero-order valence-corrected chi connectivity index (χ0v) is 15.7. The van der Waals surface area contributed by atoms with Crippen molar-refractivity contribution < 1.29 is 0 Å². The maximum absolute atomic E-state index is 2.61. The minimum Gasteiger partial charge on any atom is -0.0840 e. The van der Waals surface area contributed by atoms with Gasteiger partial charge < -0.3 is 0 Å². The van der Waals surface area contributed by atoms with Crippen LogP contribution in [0.5, 0.6) is 0 Å². The first kappa shape index (κ1) is 16.0. The van der Waals surface area contributed by atoms with E-state index in [4.69, 9.17) is 0 Å². The van der Waals surface area contributed by atoms with Gasteiger partial charge in [-0.05, 0) is 35.8 Å². The average Bonchev–Trinajstić information content (AvgIpc) is 2.96. The summed E-state index contributed by atoms with van der Waals surface area (Å²) in [6.45, 7) is 2.32. The Kier molecular flexibility index (Phi) is 5.57. The first-order valence-electron chi connectivity index (χ1n) is 9.53. The van der Waals surface area contributed by atoms with Gasteiger partial charge in [0.05, 0.1) is 0 Å². The van der Waals surface area contributed by atoms with Gasteiger partial charge in [0.15, 0.2) is 0 Å². The zero-order chi connectivity index (χ0) is 15.3. The van der Waals surface area contributed by atoms with E-state index in [1.807, 2.05) is 0 Å². The Morgan fingerprint density at radius 3 is 2.73 bits per heavy atom. The van der Waals surface area contributed by atoms with E-state index < -0.39 is 0 Å². The molecule has 22 heavy (non-hydrogen) atoms. The van der Waals surface area contributed by atoms with E-state index in [0.29, 0.717) is 5.04 Å². The lowest BCUT2D eigenvalue weighted by Crippen LogP contribution is -2.26. The van der Waals surface area contributed by atoms with E-state index in [-0.39, 0.29) is 9.52 Å². The maximum Gasteiger partial charge on any atom is 0.0451 e. The van der Waals surface area contributed by atoms with E-state index >= 15 is 0 Å². The van der Waals surface area contributed by atoms with Gasteiger partial charge >= 0.3 is 0 Å². The fourth-order valence-corrected chi connectivity index (χ4v) is 7.77. The van der Waals surface area contributed by atoms with E-state index in [9.17, 15) is 0 Å². The molecule has 3 rings (SSSR count). The van der Waals surface area contributed by atoms with Crippen LogP contribution in [0.2, 0.25) is 10.6 Å². The Morgan fingerprint density at radius 1 is 1.14 bits per heavy atom. The van der Waals surface area contributed by atoms with Crippen LogP contribution in [0.25, 0.3) is 0 Å². The van der Waals surface area contributed by atoms with Crippen molar-refractivity contribution in [1.29, 1.82) is 0 Å². The fourth-order valence-electron chi connectivity index (χ4n) is 4.82. The van der Waals surface area contributed by atoms with Crippen LogP contribution in [-0.4, -0.2) is 9.52 Å². The Labute approximate surface area is 139 Å². The van der Waals surface area contributed by atoms with Crippen LogP contribution < -0.4 is 0 Å². The summed E-state index contributed by atoms with van der Waals surface area (Å²) in [5.41, 5.74) is 2.57. The lowest BCUT2D eigenvalue weighted by atomic mass is 9.80. The van der Waals surface area contributed by atoms with Crippen molar-refractivity contribution in [3.63, 3.8) is 0 Å². The molecule has 0 nitrogen and oxygen atoms in total. The van der Waals surface area contributed by atoms with E-state index in [2.05, 4.69) is 49.5 Å². The van der Waals surface area contributed by atoms with E-state index in [1.165, 1.54) is 57.8 Å². The second kappa shape index (κ2) is 7.63. The summed E-state index contributed by atoms with van der Waals surface area (Å²) in [6.07, 6.45) is 29.8.